The van der Waals surface area contributed by atoms with E-state index in [1.54, 1.807) is 23.0 Å². The van der Waals surface area contributed by atoms with Crippen molar-refractivity contribution in [2.45, 2.75) is 26.6 Å². The normalized spacial score (nSPS) is 12.1. The Morgan fingerprint density at radius 3 is 2.81 bits per heavy atom. The maximum absolute atomic E-state index is 13.5. The van der Waals surface area contributed by atoms with Gasteiger partial charge in [-0.15, -0.1) is 5.10 Å². The number of benzene rings is 1. The van der Waals surface area contributed by atoms with Crippen molar-refractivity contribution in [2.75, 3.05) is 0 Å². The largest absolute Gasteiger partial charge is 0.484 e. The van der Waals surface area contributed by atoms with Crippen LogP contribution in [0.2, 0.25) is 0 Å². The molecule has 0 fully saturated rings. The quantitative estimate of drug-likeness (QED) is 0.472. The van der Waals surface area contributed by atoms with Crippen LogP contribution in [0.25, 0.3) is 0 Å². The molecule has 3 rings (SSSR count). The maximum atomic E-state index is 13.5. The Bertz CT molecular complexity index is 941. The molecule has 1 N–H and O–H groups in total. The first kappa shape index (κ1) is 18.3. The molecule has 0 saturated heterocycles. The lowest BCUT2D eigenvalue weighted by Crippen LogP contribution is -2.14. The summed E-state index contributed by atoms with van der Waals surface area (Å²) in [4.78, 5) is 13.5. The van der Waals surface area contributed by atoms with Crippen LogP contribution in [0.4, 0.5) is 10.2 Å². The van der Waals surface area contributed by atoms with Gasteiger partial charge in [0, 0.05) is 18.1 Å². The molecular formula is C16H17FN6O4. The van der Waals surface area contributed by atoms with E-state index >= 15 is 0 Å². The second-order valence-corrected chi connectivity index (χ2v) is 6.06. The van der Waals surface area contributed by atoms with E-state index < -0.39 is 22.6 Å². The smallest absolute Gasteiger partial charge is 0.411 e. The Morgan fingerprint density at radius 1 is 1.33 bits per heavy atom. The molecule has 2 aromatic heterocycles. The Morgan fingerprint density at radius 2 is 2.11 bits per heavy atom. The highest BCUT2D eigenvalue weighted by molar-refractivity contribution is 5.23. The van der Waals surface area contributed by atoms with Gasteiger partial charge in [-0.05, 0) is 23.0 Å². The number of hydrogen-bond donors (Lipinski definition) is 1. The lowest BCUT2D eigenvalue weighted by Gasteiger charge is -2.10. The number of rotatable bonds is 8. The first-order valence-corrected chi connectivity index (χ1v) is 8.09. The molecule has 0 saturated carbocycles. The van der Waals surface area contributed by atoms with E-state index in [0.29, 0.717) is 18.8 Å². The fourth-order valence-electron chi connectivity index (χ4n) is 2.54. The van der Waals surface area contributed by atoms with Crippen LogP contribution < -0.4 is 4.74 Å². The second kappa shape index (κ2) is 7.81. The van der Waals surface area contributed by atoms with Crippen molar-refractivity contribution in [3.05, 3.63) is 58.3 Å². The molecule has 1 aromatic carbocycles. The van der Waals surface area contributed by atoms with E-state index in [1.165, 1.54) is 22.9 Å². The molecule has 142 valence electrons. The molecular weight excluding hydrogens is 359 g/mol. The van der Waals surface area contributed by atoms with Crippen molar-refractivity contribution >= 4 is 5.82 Å². The molecule has 0 radical (unpaired) electrons. The third kappa shape index (κ3) is 4.57. The van der Waals surface area contributed by atoms with Crippen molar-refractivity contribution in [1.29, 1.82) is 0 Å². The van der Waals surface area contributed by atoms with Crippen LogP contribution in [-0.2, 0) is 19.7 Å². The summed E-state index contributed by atoms with van der Waals surface area (Å²) < 4.78 is 21.8. The van der Waals surface area contributed by atoms with Gasteiger partial charge in [0.05, 0.1) is 6.20 Å². The number of aromatic hydroxyl groups is 1. The Balaban J connectivity index is 1.55. The molecule has 0 aliphatic heterocycles. The number of halogens is 1. The number of imidazole rings is 1. The number of aromatic nitrogens is 5. The van der Waals surface area contributed by atoms with Crippen LogP contribution in [0.15, 0.2) is 36.7 Å². The van der Waals surface area contributed by atoms with Crippen LogP contribution in [0.3, 0.4) is 0 Å². The van der Waals surface area contributed by atoms with Crippen molar-refractivity contribution in [3.63, 3.8) is 0 Å². The van der Waals surface area contributed by atoms with Crippen LogP contribution >= 0.6 is 0 Å². The van der Waals surface area contributed by atoms with Gasteiger partial charge in [-0.2, -0.15) is 0 Å². The van der Waals surface area contributed by atoms with Crippen LogP contribution in [0, 0.1) is 21.8 Å². The van der Waals surface area contributed by atoms with Gasteiger partial charge in [0.15, 0.2) is 11.6 Å². The van der Waals surface area contributed by atoms with E-state index in [2.05, 4.69) is 15.3 Å². The van der Waals surface area contributed by atoms with Crippen LogP contribution in [0.5, 0.6) is 11.8 Å². The fourth-order valence-corrected chi connectivity index (χ4v) is 2.54. The third-order valence-electron chi connectivity index (χ3n) is 3.74. The summed E-state index contributed by atoms with van der Waals surface area (Å²) in [6.07, 6.45) is 2.86. The summed E-state index contributed by atoms with van der Waals surface area (Å²) in [6.45, 7) is 2.73. The van der Waals surface area contributed by atoms with Crippen molar-refractivity contribution in [3.8, 4) is 11.8 Å². The van der Waals surface area contributed by atoms with E-state index in [1.807, 2.05) is 6.92 Å². The molecule has 2 heterocycles. The minimum atomic E-state index is -0.667. The molecule has 0 aliphatic rings. The highest BCUT2D eigenvalue weighted by Crippen LogP contribution is 2.19. The van der Waals surface area contributed by atoms with Gasteiger partial charge in [0.2, 0.25) is 0 Å². The van der Waals surface area contributed by atoms with Crippen LogP contribution in [-0.4, -0.2) is 34.6 Å². The van der Waals surface area contributed by atoms with Gasteiger partial charge in [-0.1, -0.05) is 24.3 Å². The summed E-state index contributed by atoms with van der Waals surface area (Å²) in [5, 5.41) is 28.3. The Labute approximate surface area is 153 Å². The van der Waals surface area contributed by atoms with Gasteiger partial charge in [0.25, 0.3) is 0 Å². The summed E-state index contributed by atoms with van der Waals surface area (Å²) in [7, 11) is 0. The first-order valence-electron chi connectivity index (χ1n) is 8.09. The Hall–Kier alpha value is -3.50. The summed E-state index contributed by atoms with van der Waals surface area (Å²) in [6, 6.07) is 5.67. The molecule has 1 atom stereocenters. The summed E-state index contributed by atoms with van der Waals surface area (Å²) in [5.41, 5.74) is 0.534. The minimum Gasteiger partial charge on any atom is -0.484 e. The number of nitrogens with zero attached hydrogens (tertiary/aromatic N) is 6. The fraction of sp³-hybridized carbons (Fsp3) is 0.312. The van der Waals surface area contributed by atoms with E-state index in [4.69, 9.17) is 4.74 Å². The standard InChI is InChI=1S/C16H17FN6O4/c1-11(6-21-9-15(23(25)26)18-16(21)24)7-22-8-12(19-20-22)10-27-14-5-3-2-4-13(14)17/h2-5,8-9,11H,6-7,10H2,1H3,(H,18,24)/t11-/m0/s1. The van der Waals surface area contributed by atoms with E-state index in [0.717, 1.165) is 0 Å². The van der Waals surface area contributed by atoms with E-state index in [9.17, 15) is 19.6 Å². The highest BCUT2D eigenvalue weighted by atomic mass is 19.1. The van der Waals surface area contributed by atoms with Gasteiger partial charge in [0.1, 0.15) is 18.5 Å². The van der Waals surface area contributed by atoms with Crippen molar-refractivity contribution in [1.82, 2.24) is 24.5 Å². The molecule has 27 heavy (non-hydrogen) atoms. The van der Waals surface area contributed by atoms with Gasteiger partial charge < -0.3 is 20.0 Å². The first-order chi connectivity index (χ1) is 12.9. The zero-order valence-corrected chi connectivity index (χ0v) is 14.4. The molecule has 0 amide bonds. The number of ether oxygens (including phenoxy) is 1. The summed E-state index contributed by atoms with van der Waals surface area (Å²) in [5.74, 6) is -0.745. The average Bonchev–Trinajstić information content (AvgIpc) is 3.21. The van der Waals surface area contributed by atoms with Gasteiger partial charge >= 0.3 is 11.8 Å². The predicted octanol–water partition coefficient (Wildman–Crippen LogP) is 2.14. The molecule has 10 nitrogen and oxygen atoms in total. The lowest BCUT2D eigenvalue weighted by atomic mass is 10.2. The number of hydrogen-bond acceptors (Lipinski definition) is 7. The van der Waals surface area contributed by atoms with E-state index in [-0.39, 0.29) is 18.3 Å². The maximum Gasteiger partial charge on any atom is 0.411 e. The number of nitro groups is 1. The molecule has 0 aliphatic carbocycles. The average molecular weight is 376 g/mol. The molecule has 0 bridgehead atoms. The Kier molecular flexibility index (Phi) is 5.29. The SMILES string of the molecule is C[C@H](Cn1cc(COc2ccccc2F)nn1)Cn1cc([N+](=O)[O-])nc1O. The minimum absolute atomic E-state index is 0.0215. The predicted molar refractivity (Wildman–Crippen MR) is 90.5 cm³/mol. The second-order valence-electron chi connectivity index (χ2n) is 6.06. The zero-order chi connectivity index (χ0) is 19.4. The zero-order valence-electron chi connectivity index (χ0n) is 14.4. The molecule has 11 heteroatoms. The van der Waals surface area contributed by atoms with Crippen LogP contribution in [0.1, 0.15) is 12.6 Å². The third-order valence-corrected chi connectivity index (χ3v) is 3.74. The monoisotopic (exact) mass is 376 g/mol. The lowest BCUT2D eigenvalue weighted by molar-refractivity contribution is -0.389. The highest BCUT2D eigenvalue weighted by Gasteiger charge is 2.19. The van der Waals surface area contributed by atoms with Crippen molar-refractivity contribution < 1.29 is 19.2 Å². The molecule has 3 aromatic rings. The molecule has 0 spiro atoms. The van der Waals surface area contributed by atoms with Gasteiger partial charge in [-0.25, -0.2) is 4.39 Å². The molecule has 0 unspecified atom stereocenters. The summed E-state index contributed by atoms with van der Waals surface area (Å²) >= 11 is 0. The van der Waals surface area contributed by atoms with Gasteiger partial charge in [-0.3, -0.25) is 9.25 Å². The van der Waals surface area contributed by atoms with Crippen molar-refractivity contribution in [2.24, 2.45) is 5.92 Å². The number of para-hydroxylation sites is 1. The topological polar surface area (TPSA) is 121 Å².